The molecule has 3 rings (SSSR count). The quantitative estimate of drug-likeness (QED) is 0.318. The first-order valence-electron chi connectivity index (χ1n) is 13.5. The zero-order valence-corrected chi connectivity index (χ0v) is 25.3. The second kappa shape index (κ2) is 14.0. The lowest BCUT2D eigenvalue weighted by molar-refractivity contribution is -0.140. The van der Waals surface area contributed by atoms with E-state index < -0.39 is 28.5 Å². The Kier molecular flexibility index (Phi) is 10.8. The Hall–Kier alpha value is -4.05. The van der Waals surface area contributed by atoms with Gasteiger partial charge in [0.05, 0.1) is 24.8 Å². The zero-order chi connectivity index (χ0) is 30.2. The lowest BCUT2D eigenvalue weighted by Crippen LogP contribution is -2.53. The van der Waals surface area contributed by atoms with Crippen molar-refractivity contribution in [3.63, 3.8) is 0 Å². The fourth-order valence-corrected chi connectivity index (χ4v) is 5.84. The maximum absolute atomic E-state index is 14.1. The third-order valence-electron chi connectivity index (χ3n) is 6.57. The van der Waals surface area contributed by atoms with Gasteiger partial charge in [-0.05, 0) is 69.2 Å². The summed E-state index contributed by atoms with van der Waals surface area (Å²) in [5.74, 6) is -0.0497. The van der Waals surface area contributed by atoms with Crippen LogP contribution in [-0.4, -0.2) is 58.0 Å². The summed E-state index contributed by atoms with van der Waals surface area (Å²) in [5.41, 5.74) is 2.08. The molecule has 0 spiro atoms. The molecule has 2 amide bonds. The first-order valence-corrected chi connectivity index (χ1v) is 14.9. The minimum atomic E-state index is -4.24. The first-order chi connectivity index (χ1) is 19.5. The van der Waals surface area contributed by atoms with Crippen LogP contribution in [0.15, 0.2) is 77.7 Å². The highest BCUT2D eigenvalue weighted by atomic mass is 32.2. The standard InChI is InChI=1S/C31H39N3O6S/c1-7-27(31(36)32-22(2)3)33(20-24-14-12-23(4)13-15-24)30(35)21-34(28-10-8-9-11-29(28)40-6)41(37,38)26-18-16-25(39-5)17-19-26/h8-19,22,27H,7,20-21H2,1-6H3,(H,32,36)/t27-/m1/s1. The second-order valence-corrected chi connectivity index (χ2v) is 11.8. The Balaban J connectivity index is 2.10. The van der Waals surface area contributed by atoms with Crippen LogP contribution < -0.4 is 19.1 Å². The molecule has 10 heteroatoms. The summed E-state index contributed by atoms with van der Waals surface area (Å²) in [6.45, 7) is 7.07. The minimum Gasteiger partial charge on any atom is -0.497 e. The summed E-state index contributed by atoms with van der Waals surface area (Å²) in [4.78, 5) is 28.8. The fourth-order valence-electron chi connectivity index (χ4n) is 4.41. The number of ether oxygens (including phenoxy) is 2. The van der Waals surface area contributed by atoms with E-state index >= 15 is 0 Å². The third kappa shape index (κ3) is 7.79. The summed E-state index contributed by atoms with van der Waals surface area (Å²) >= 11 is 0. The molecular weight excluding hydrogens is 542 g/mol. The molecular formula is C31H39N3O6S. The molecule has 0 heterocycles. The van der Waals surface area contributed by atoms with Gasteiger partial charge in [0.15, 0.2) is 0 Å². The number of hydrogen-bond donors (Lipinski definition) is 1. The Labute approximate surface area is 243 Å². The number of carbonyl (C=O) groups excluding carboxylic acids is 2. The smallest absolute Gasteiger partial charge is 0.264 e. The molecule has 3 aromatic rings. The summed E-state index contributed by atoms with van der Waals surface area (Å²) < 4.78 is 39.8. The van der Waals surface area contributed by atoms with Crippen LogP contribution >= 0.6 is 0 Å². The van der Waals surface area contributed by atoms with E-state index in [1.165, 1.54) is 31.3 Å². The number of sulfonamides is 1. The molecule has 0 radical (unpaired) electrons. The number of para-hydroxylation sites is 2. The van der Waals surface area contributed by atoms with Gasteiger partial charge in [-0.15, -0.1) is 0 Å². The van der Waals surface area contributed by atoms with E-state index in [2.05, 4.69) is 5.32 Å². The van der Waals surface area contributed by atoms with E-state index in [1.54, 1.807) is 36.4 Å². The predicted molar refractivity (Wildman–Crippen MR) is 160 cm³/mol. The Morgan fingerprint density at radius 1 is 0.902 bits per heavy atom. The van der Waals surface area contributed by atoms with Crippen molar-refractivity contribution in [3.05, 3.63) is 83.9 Å². The van der Waals surface area contributed by atoms with Crippen LogP contribution in [0.3, 0.4) is 0 Å². The molecule has 0 unspecified atom stereocenters. The molecule has 3 aromatic carbocycles. The monoisotopic (exact) mass is 581 g/mol. The van der Waals surface area contributed by atoms with Crippen molar-refractivity contribution in [3.8, 4) is 11.5 Å². The molecule has 0 saturated carbocycles. The first kappa shape index (κ1) is 31.5. The molecule has 0 bridgehead atoms. The maximum Gasteiger partial charge on any atom is 0.264 e. The molecule has 1 atom stereocenters. The van der Waals surface area contributed by atoms with Gasteiger partial charge in [-0.3, -0.25) is 13.9 Å². The number of benzene rings is 3. The molecule has 0 aromatic heterocycles. The van der Waals surface area contributed by atoms with Gasteiger partial charge >= 0.3 is 0 Å². The van der Waals surface area contributed by atoms with Crippen LogP contribution in [0.5, 0.6) is 11.5 Å². The van der Waals surface area contributed by atoms with E-state index in [0.29, 0.717) is 12.2 Å². The van der Waals surface area contributed by atoms with E-state index in [4.69, 9.17) is 9.47 Å². The topological polar surface area (TPSA) is 105 Å². The minimum absolute atomic E-state index is 0.0216. The Bertz CT molecular complexity index is 1420. The van der Waals surface area contributed by atoms with E-state index in [9.17, 15) is 18.0 Å². The predicted octanol–water partition coefficient (Wildman–Crippen LogP) is 4.54. The van der Waals surface area contributed by atoms with Crippen LogP contribution in [0.25, 0.3) is 0 Å². The summed E-state index contributed by atoms with van der Waals surface area (Å²) in [6.07, 6.45) is 0.343. The highest BCUT2D eigenvalue weighted by molar-refractivity contribution is 7.92. The summed E-state index contributed by atoms with van der Waals surface area (Å²) in [6, 6.07) is 19.3. The lowest BCUT2D eigenvalue weighted by Gasteiger charge is -2.34. The Morgan fingerprint density at radius 3 is 2.10 bits per heavy atom. The molecule has 0 fully saturated rings. The lowest BCUT2D eigenvalue weighted by atomic mass is 10.1. The molecule has 41 heavy (non-hydrogen) atoms. The summed E-state index contributed by atoms with van der Waals surface area (Å²) in [5, 5.41) is 2.90. The third-order valence-corrected chi connectivity index (χ3v) is 8.34. The number of nitrogens with zero attached hydrogens (tertiary/aromatic N) is 2. The van der Waals surface area contributed by atoms with Crippen molar-refractivity contribution < 1.29 is 27.5 Å². The van der Waals surface area contributed by atoms with Crippen LogP contribution in [0.2, 0.25) is 0 Å². The molecule has 220 valence electrons. The number of rotatable bonds is 13. The molecule has 0 aliphatic rings. The SMILES string of the molecule is CC[C@H](C(=O)NC(C)C)N(Cc1ccc(C)cc1)C(=O)CN(c1ccccc1OC)S(=O)(=O)c1ccc(OC)cc1. The van der Waals surface area contributed by atoms with Crippen molar-refractivity contribution in [2.75, 3.05) is 25.1 Å². The van der Waals surface area contributed by atoms with Crippen molar-refractivity contribution >= 4 is 27.5 Å². The van der Waals surface area contributed by atoms with Gasteiger partial charge < -0.3 is 19.7 Å². The number of amides is 2. The number of methoxy groups -OCH3 is 2. The van der Waals surface area contributed by atoms with Gasteiger partial charge in [-0.1, -0.05) is 48.9 Å². The van der Waals surface area contributed by atoms with Crippen LogP contribution in [0.4, 0.5) is 5.69 Å². The van der Waals surface area contributed by atoms with Gasteiger partial charge in [0.25, 0.3) is 10.0 Å². The van der Waals surface area contributed by atoms with Gasteiger partial charge in [0.1, 0.15) is 24.1 Å². The molecule has 0 aliphatic carbocycles. The highest BCUT2D eigenvalue weighted by Crippen LogP contribution is 2.33. The number of aryl methyl sites for hydroxylation is 1. The van der Waals surface area contributed by atoms with Crippen molar-refractivity contribution in [1.29, 1.82) is 0 Å². The largest absolute Gasteiger partial charge is 0.497 e. The van der Waals surface area contributed by atoms with Crippen LogP contribution in [-0.2, 0) is 26.2 Å². The summed E-state index contributed by atoms with van der Waals surface area (Å²) in [7, 11) is -1.31. The average molecular weight is 582 g/mol. The van der Waals surface area contributed by atoms with Crippen LogP contribution in [0.1, 0.15) is 38.3 Å². The van der Waals surface area contributed by atoms with E-state index in [-0.39, 0.29) is 34.8 Å². The fraction of sp³-hybridized carbons (Fsp3) is 0.355. The van der Waals surface area contributed by atoms with E-state index in [0.717, 1.165) is 15.4 Å². The van der Waals surface area contributed by atoms with Gasteiger partial charge in [0, 0.05) is 12.6 Å². The second-order valence-electron chi connectivity index (χ2n) is 9.95. The van der Waals surface area contributed by atoms with Gasteiger partial charge in [0.2, 0.25) is 11.8 Å². The van der Waals surface area contributed by atoms with E-state index in [1.807, 2.05) is 52.0 Å². The van der Waals surface area contributed by atoms with Crippen molar-refractivity contribution in [1.82, 2.24) is 10.2 Å². The zero-order valence-electron chi connectivity index (χ0n) is 24.5. The maximum atomic E-state index is 14.1. The van der Waals surface area contributed by atoms with Crippen molar-refractivity contribution in [2.45, 2.75) is 57.6 Å². The van der Waals surface area contributed by atoms with Crippen LogP contribution in [0, 0.1) is 6.92 Å². The molecule has 0 saturated heterocycles. The van der Waals surface area contributed by atoms with Gasteiger partial charge in [-0.25, -0.2) is 8.42 Å². The number of hydrogen-bond acceptors (Lipinski definition) is 6. The number of anilines is 1. The highest BCUT2D eigenvalue weighted by Gasteiger charge is 2.34. The number of nitrogens with one attached hydrogen (secondary N) is 1. The molecule has 0 aliphatic heterocycles. The van der Waals surface area contributed by atoms with Crippen molar-refractivity contribution in [2.24, 2.45) is 0 Å². The molecule has 9 nitrogen and oxygen atoms in total. The molecule has 1 N–H and O–H groups in total. The van der Waals surface area contributed by atoms with Gasteiger partial charge in [-0.2, -0.15) is 0 Å². The average Bonchev–Trinajstić information content (AvgIpc) is 2.96. The number of carbonyl (C=O) groups is 2. The normalized spacial score (nSPS) is 12.0. The Morgan fingerprint density at radius 2 is 1.54 bits per heavy atom.